The third-order valence-electron chi connectivity index (χ3n) is 3.91. The van der Waals surface area contributed by atoms with Gasteiger partial charge in [0.1, 0.15) is 0 Å². The Morgan fingerprint density at radius 1 is 1.33 bits per heavy atom. The summed E-state index contributed by atoms with van der Waals surface area (Å²) in [5.41, 5.74) is 0.988. The zero-order valence-electron chi connectivity index (χ0n) is 12.6. The van der Waals surface area contributed by atoms with Crippen LogP contribution in [0.5, 0.6) is 0 Å². The lowest BCUT2D eigenvalue weighted by Crippen LogP contribution is -2.42. The number of rotatable bonds is 5. The standard InChI is InChI=1S/C15H22N6/c1-12(2)20(11-13-7-6-10-16-13)15-17-18-19-21(15)14-8-4-3-5-9-14/h3-5,8-9,12-13,16H,6-7,10-11H2,1-2H3. The van der Waals surface area contributed by atoms with E-state index in [-0.39, 0.29) is 0 Å². The maximum absolute atomic E-state index is 4.26. The number of benzene rings is 1. The van der Waals surface area contributed by atoms with Crippen molar-refractivity contribution in [2.24, 2.45) is 0 Å². The van der Waals surface area contributed by atoms with E-state index in [1.807, 2.05) is 35.0 Å². The summed E-state index contributed by atoms with van der Waals surface area (Å²) >= 11 is 0. The Kier molecular flexibility index (Phi) is 4.15. The lowest BCUT2D eigenvalue weighted by atomic mass is 10.2. The second-order valence-corrected chi connectivity index (χ2v) is 5.77. The lowest BCUT2D eigenvalue weighted by Gasteiger charge is -2.29. The maximum Gasteiger partial charge on any atom is 0.250 e. The first-order chi connectivity index (χ1) is 10.3. The van der Waals surface area contributed by atoms with Crippen LogP contribution in [-0.2, 0) is 0 Å². The third-order valence-corrected chi connectivity index (χ3v) is 3.91. The molecule has 1 aromatic carbocycles. The molecule has 6 heteroatoms. The van der Waals surface area contributed by atoms with E-state index in [0.29, 0.717) is 12.1 Å². The number of para-hydroxylation sites is 1. The molecule has 1 aliphatic heterocycles. The second-order valence-electron chi connectivity index (χ2n) is 5.77. The van der Waals surface area contributed by atoms with Gasteiger partial charge in [0, 0.05) is 18.6 Å². The summed E-state index contributed by atoms with van der Waals surface area (Å²) in [6, 6.07) is 10.9. The minimum absolute atomic E-state index is 0.348. The molecule has 0 radical (unpaired) electrons. The lowest BCUT2D eigenvalue weighted by molar-refractivity contribution is 0.540. The van der Waals surface area contributed by atoms with Crippen molar-refractivity contribution in [1.82, 2.24) is 25.5 Å². The van der Waals surface area contributed by atoms with Gasteiger partial charge in [-0.05, 0) is 55.8 Å². The van der Waals surface area contributed by atoms with Crippen LogP contribution in [0.15, 0.2) is 30.3 Å². The molecule has 2 aromatic rings. The largest absolute Gasteiger partial charge is 0.335 e. The molecule has 1 aliphatic rings. The van der Waals surface area contributed by atoms with Crippen molar-refractivity contribution < 1.29 is 0 Å². The summed E-state index contributed by atoms with van der Waals surface area (Å²) in [5.74, 6) is 0.810. The second kappa shape index (κ2) is 6.22. The fourth-order valence-electron chi connectivity index (χ4n) is 2.77. The van der Waals surface area contributed by atoms with E-state index in [1.54, 1.807) is 0 Å². The van der Waals surface area contributed by atoms with Crippen LogP contribution in [0.1, 0.15) is 26.7 Å². The molecule has 0 aliphatic carbocycles. The molecule has 3 rings (SSSR count). The molecule has 0 bridgehead atoms. The Bertz CT molecular complexity index is 559. The topological polar surface area (TPSA) is 58.9 Å². The summed E-state index contributed by atoms with van der Waals surface area (Å²) in [7, 11) is 0. The number of tetrazole rings is 1. The molecule has 2 heterocycles. The molecule has 0 spiro atoms. The average molecular weight is 286 g/mol. The SMILES string of the molecule is CC(C)N(CC1CCCN1)c1nnnn1-c1ccccc1. The first kappa shape index (κ1) is 14.0. The summed E-state index contributed by atoms with van der Waals surface area (Å²) in [6.45, 7) is 6.41. The van der Waals surface area contributed by atoms with E-state index >= 15 is 0 Å². The number of nitrogens with zero attached hydrogens (tertiary/aromatic N) is 5. The maximum atomic E-state index is 4.26. The molecule has 1 atom stereocenters. The van der Waals surface area contributed by atoms with E-state index in [9.17, 15) is 0 Å². The van der Waals surface area contributed by atoms with Crippen molar-refractivity contribution in [2.75, 3.05) is 18.0 Å². The predicted molar refractivity (Wildman–Crippen MR) is 82.7 cm³/mol. The van der Waals surface area contributed by atoms with Crippen LogP contribution in [0.4, 0.5) is 5.95 Å². The summed E-state index contributed by atoms with van der Waals surface area (Å²) < 4.78 is 1.81. The molecule has 0 amide bonds. The van der Waals surface area contributed by atoms with Gasteiger partial charge in [0.05, 0.1) is 5.69 Å². The Balaban J connectivity index is 1.88. The zero-order valence-corrected chi connectivity index (χ0v) is 12.6. The highest BCUT2D eigenvalue weighted by molar-refractivity contribution is 5.41. The molecule has 1 saturated heterocycles. The van der Waals surface area contributed by atoms with Crippen LogP contribution in [0.2, 0.25) is 0 Å². The molecule has 1 unspecified atom stereocenters. The van der Waals surface area contributed by atoms with Crippen molar-refractivity contribution >= 4 is 5.95 Å². The number of anilines is 1. The van der Waals surface area contributed by atoms with Crippen LogP contribution in [0, 0.1) is 0 Å². The van der Waals surface area contributed by atoms with E-state index in [2.05, 4.69) is 39.6 Å². The van der Waals surface area contributed by atoms with Crippen molar-refractivity contribution in [2.45, 2.75) is 38.8 Å². The molecule has 112 valence electrons. The molecular formula is C15H22N6. The van der Waals surface area contributed by atoms with E-state index in [4.69, 9.17) is 0 Å². The molecule has 0 saturated carbocycles. The average Bonchev–Trinajstić information content (AvgIpc) is 3.17. The van der Waals surface area contributed by atoms with E-state index in [1.165, 1.54) is 12.8 Å². The first-order valence-corrected chi connectivity index (χ1v) is 7.59. The quantitative estimate of drug-likeness (QED) is 0.905. The van der Waals surface area contributed by atoms with Gasteiger partial charge in [-0.2, -0.15) is 4.68 Å². The third kappa shape index (κ3) is 3.05. The van der Waals surface area contributed by atoms with Gasteiger partial charge in [-0.3, -0.25) is 0 Å². The summed E-state index contributed by atoms with van der Waals surface area (Å²) in [6.07, 6.45) is 2.47. The number of hydrogen-bond donors (Lipinski definition) is 1. The van der Waals surface area contributed by atoms with Gasteiger partial charge in [-0.15, -0.1) is 0 Å². The summed E-state index contributed by atoms with van der Waals surface area (Å²) in [4.78, 5) is 2.27. The number of hydrogen-bond acceptors (Lipinski definition) is 5. The van der Waals surface area contributed by atoms with Gasteiger partial charge in [-0.25, -0.2) is 0 Å². The number of nitrogens with one attached hydrogen (secondary N) is 1. The monoisotopic (exact) mass is 286 g/mol. The number of aromatic nitrogens is 4. The highest BCUT2D eigenvalue weighted by Crippen LogP contribution is 2.19. The van der Waals surface area contributed by atoms with E-state index < -0.39 is 0 Å². The fourth-order valence-corrected chi connectivity index (χ4v) is 2.77. The molecule has 1 N–H and O–H groups in total. The van der Waals surface area contributed by atoms with Gasteiger partial charge in [0.25, 0.3) is 5.95 Å². The summed E-state index contributed by atoms with van der Waals surface area (Å²) in [5, 5.41) is 15.8. The highest BCUT2D eigenvalue weighted by Gasteiger charge is 2.24. The van der Waals surface area contributed by atoms with Crippen molar-refractivity contribution in [1.29, 1.82) is 0 Å². The van der Waals surface area contributed by atoms with Crippen molar-refractivity contribution in [3.05, 3.63) is 30.3 Å². The molecule has 1 aromatic heterocycles. The van der Waals surface area contributed by atoms with Crippen LogP contribution in [0.3, 0.4) is 0 Å². The Labute approximate surface area is 125 Å². The predicted octanol–water partition coefficient (Wildman–Crippen LogP) is 1.63. The van der Waals surface area contributed by atoms with Crippen LogP contribution in [0.25, 0.3) is 5.69 Å². The Morgan fingerprint density at radius 3 is 2.81 bits per heavy atom. The van der Waals surface area contributed by atoms with Gasteiger partial charge >= 0.3 is 0 Å². The van der Waals surface area contributed by atoms with Crippen molar-refractivity contribution in [3.8, 4) is 5.69 Å². The van der Waals surface area contributed by atoms with Crippen LogP contribution >= 0.6 is 0 Å². The molecule has 21 heavy (non-hydrogen) atoms. The van der Waals surface area contributed by atoms with Gasteiger partial charge in [-0.1, -0.05) is 23.3 Å². The highest BCUT2D eigenvalue weighted by atomic mass is 15.6. The minimum atomic E-state index is 0.348. The molecule has 1 fully saturated rings. The Morgan fingerprint density at radius 2 is 2.14 bits per heavy atom. The smallest absolute Gasteiger partial charge is 0.250 e. The van der Waals surface area contributed by atoms with Crippen LogP contribution in [-0.4, -0.2) is 45.4 Å². The molecular weight excluding hydrogens is 264 g/mol. The van der Waals surface area contributed by atoms with Crippen molar-refractivity contribution in [3.63, 3.8) is 0 Å². The molecule has 6 nitrogen and oxygen atoms in total. The minimum Gasteiger partial charge on any atom is -0.335 e. The van der Waals surface area contributed by atoms with Gasteiger partial charge in [0.2, 0.25) is 0 Å². The zero-order chi connectivity index (χ0) is 14.7. The Hall–Kier alpha value is -1.95. The van der Waals surface area contributed by atoms with Gasteiger partial charge < -0.3 is 10.2 Å². The van der Waals surface area contributed by atoms with E-state index in [0.717, 1.165) is 24.7 Å². The fraction of sp³-hybridized carbons (Fsp3) is 0.533. The first-order valence-electron chi connectivity index (χ1n) is 7.59. The van der Waals surface area contributed by atoms with Gasteiger partial charge in [0.15, 0.2) is 0 Å². The normalized spacial score (nSPS) is 18.3. The van der Waals surface area contributed by atoms with Crippen LogP contribution < -0.4 is 10.2 Å².